The molecular weight excluding hydrogens is 340 g/mol. The number of likely N-dealkylation sites (tertiary alicyclic amines) is 1. The first kappa shape index (κ1) is 15.9. The van der Waals surface area contributed by atoms with Gasteiger partial charge in [0.2, 0.25) is 5.91 Å². The van der Waals surface area contributed by atoms with Crippen molar-refractivity contribution in [2.24, 2.45) is 5.92 Å². The van der Waals surface area contributed by atoms with Crippen LogP contribution in [0.15, 0.2) is 15.9 Å². The highest BCUT2D eigenvalue weighted by atomic mass is 79.9. The first-order valence-corrected chi connectivity index (χ1v) is 8.58. The number of aliphatic hydroxyl groups is 1. The fourth-order valence-electron chi connectivity index (χ4n) is 2.50. The van der Waals surface area contributed by atoms with Crippen LogP contribution in [0.25, 0.3) is 0 Å². The largest absolute Gasteiger partial charge is 0.396 e. The van der Waals surface area contributed by atoms with Gasteiger partial charge < -0.3 is 10.0 Å². The van der Waals surface area contributed by atoms with E-state index in [2.05, 4.69) is 26.9 Å². The zero-order valence-corrected chi connectivity index (χ0v) is 14.1. The molecule has 20 heavy (non-hydrogen) atoms. The van der Waals surface area contributed by atoms with Gasteiger partial charge in [0.15, 0.2) is 0 Å². The standard InChI is InChI=1S/C14H21BrN2O2S/c1-2-17(8-12-3-4-13(15)20-12)14(19)9-16-6-5-11(7-16)10-18/h3-4,11,18H,2,5-10H2,1H3. The molecule has 1 fully saturated rings. The van der Waals surface area contributed by atoms with Crippen LogP contribution in [0.2, 0.25) is 0 Å². The summed E-state index contributed by atoms with van der Waals surface area (Å²) in [5, 5.41) is 9.15. The molecule has 2 heterocycles. The third-order valence-electron chi connectivity index (χ3n) is 3.70. The Labute approximate surface area is 132 Å². The quantitative estimate of drug-likeness (QED) is 0.845. The maximum absolute atomic E-state index is 12.4. The lowest BCUT2D eigenvalue weighted by Crippen LogP contribution is -2.39. The molecule has 1 aliphatic rings. The monoisotopic (exact) mass is 360 g/mol. The third-order valence-corrected chi connectivity index (χ3v) is 5.31. The summed E-state index contributed by atoms with van der Waals surface area (Å²) in [5.41, 5.74) is 0. The van der Waals surface area contributed by atoms with Crippen LogP contribution in [0.4, 0.5) is 0 Å². The number of rotatable bonds is 6. The van der Waals surface area contributed by atoms with Crippen LogP contribution in [-0.4, -0.2) is 53.6 Å². The number of hydrogen-bond acceptors (Lipinski definition) is 4. The van der Waals surface area contributed by atoms with Gasteiger partial charge in [0.1, 0.15) is 0 Å². The lowest BCUT2D eigenvalue weighted by atomic mass is 10.1. The number of nitrogens with zero attached hydrogens (tertiary/aromatic N) is 2. The number of amides is 1. The van der Waals surface area contributed by atoms with Gasteiger partial charge in [-0.15, -0.1) is 11.3 Å². The normalized spacial score (nSPS) is 19.4. The maximum atomic E-state index is 12.4. The summed E-state index contributed by atoms with van der Waals surface area (Å²) >= 11 is 5.12. The summed E-state index contributed by atoms with van der Waals surface area (Å²) in [7, 11) is 0. The summed E-state index contributed by atoms with van der Waals surface area (Å²) in [6.45, 7) is 5.88. The molecule has 1 aliphatic heterocycles. The van der Waals surface area contributed by atoms with Crippen LogP contribution < -0.4 is 0 Å². The molecule has 1 saturated heterocycles. The minimum absolute atomic E-state index is 0.176. The molecular formula is C14H21BrN2O2S. The smallest absolute Gasteiger partial charge is 0.237 e. The topological polar surface area (TPSA) is 43.8 Å². The Bertz CT molecular complexity index is 452. The van der Waals surface area contributed by atoms with E-state index in [1.807, 2.05) is 17.9 Å². The van der Waals surface area contributed by atoms with Gasteiger partial charge >= 0.3 is 0 Å². The molecule has 0 aliphatic carbocycles. The van der Waals surface area contributed by atoms with Crippen molar-refractivity contribution in [3.63, 3.8) is 0 Å². The van der Waals surface area contributed by atoms with Crippen LogP contribution >= 0.6 is 27.3 Å². The molecule has 1 N–H and O–H groups in total. The lowest BCUT2D eigenvalue weighted by molar-refractivity contribution is -0.132. The maximum Gasteiger partial charge on any atom is 0.237 e. The molecule has 0 bridgehead atoms. The highest BCUT2D eigenvalue weighted by molar-refractivity contribution is 9.11. The third kappa shape index (κ3) is 4.28. The fraction of sp³-hybridized carbons (Fsp3) is 0.643. The number of carbonyl (C=O) groups is 1. The summed E-state index contributed by atoms with van der Waals surface area (Å²) in [6, 6.07) is 4.08. The minimum Gasteiger partial charge on any atom is -0.396 e. The van der Waals surface area contributed by atoms with E-state index in [0.29, 0.717) is 19.0 Å². The van der Waals surface area contributed by atoms with Crippen molar-refractivity contribution < 1.29 is 9.90 Å². The van der Waals surface area contributed by atoms with Crippen molar-refractivity contribution in [1.29, 1.82) is 0 Å². The van der Waals surface area contributed by atoms with E-state index < -0.39 is 0 Å². The zero-order valence-electron chi connectivity index (χ0n) is 11.7. The molecule has 0 aromatic carbocycles. The Hall–Kier alpha value is -0.430. The molecule has 0 radical (unpaired) electrons. The second kappa shape index (κ2) is 7.54. The van der Waals surface area contributed by atoms with Gasteiger partial charge in [-0.05, 0) is 53.9 Å². The molecule has 0 saturated carbocycles. The molecule has 2 rings (SSSR count). The SMILES string of the molecule is CCN(Cc1ccc(Br)s1)C(=O)CN1CCC(CO)C1. The van der Waals surface area contributed by atoms with Gasteiger partial charge in [-0.3, -0.25) is 9.69 Å². The van der Waals surface area contributed by atoms with E-state index in [4.69, 9.17) is 5.11 Å². The van der Waals surface area contributed by atoms with Gasteiger partial charge in [0.25, 0.3) is 0 Å². The van der Waals surface area contributed by atoms with Crippen LogP contribution in [0.1, 0.15) is 18.2 Å². The Kier molecular flexibility index (Phi) is 6.01. The van der Waals surface area contributed by atoms with E-state index in [-0.39, 0.29) is 12.5 Å². The molecule has 1 aromatic heterocycles. The summed E-state index contributed by atoms with van der Waals surface area (Å²) in [4.78, 5) is 17.6. The van der Waals surface area contributed by atoms with Gasteiger partial charge in [-0.2, -0.15) is 0 Å². The number of likely N-dealkylation sites (N-methyl/N-ethyl adjacent to an activating group) is 1. The lowest BCUT2D eigenvalue weighted by Gasteiger charge is -2.23. The molecule has 1 aromatic rings. The molecule has 112 valence electrons. The molecule has 1 atom stereocenters. The van der Waals surface area contributed by atoms with Crippen molar-refractivity contribution in [3.8, 4) is 0 Å². The Balaban J connectivity index is 1.86. The summed E-state index contributed by atoms with van der Waals surface area (Å²) in [5.74, 6) is 0.516. The molecule has 6 heteroatoms. The summed E-state index contributed by atoms with van der Waals surface area (Å²) in [6.07, 6.45) is 0.994. The van der Waals surface area contributed by atoms with Crippen LogP contribution in [0.3, 0.4) is 0 Å². The van der Waals surface area contributed by atoms with Crippen molar-refractivity contribution in [2.45, 2.75) is 19.9 Å². The number of hydrogen-bond donors (Lipinski definition) is 1. The van der Waals surface area contributed by atoms with Crippen molar-refractivity contribution >= 4 is 33.2 Å². The zero-order chi connectivity index (χ0) is 14.5. The van der Waals surface area contributed by atoms with E-state index in [1.165, 1.54) is 4.88 Å². The van der Waals surface area contributed by atoms with Crippen molar-refractivity contribution in [2.75, 3.05) is 32.8 Å². The number of halogens is 1. The van der Waals surface area contributed by atoms with Crippen molar-refractivity contribution in [3.05, 3.63) is 20.8 Å². The van der Waals surface area contributed by atoms with Gasteiger partial charge in [-0.25, -0.2) is 0 Å². The Morgan fingerprint density at radius 2 is 2.40 bits per heavy atom. The van der Waals surface area contributed by atoms with E-state index in [9.17, 15) is 4.79 Å². The van der Waals surface area contributed by atoms with Crippen molar-refractivity contribution in [1.82, 2.24) is 9.80 Å². The average Bonchev–Trinajstić information content (AvgIpc) is 3.04. The molecule has 4 nitrogen and oxygen atoms in total. The average molecular weight is 361 g/mol. The fourth-order valence-corrected chi connectivity index (χ4v) is 4.00. The Morgan fingerprint density at radius 3 is 2.95 bits per heavy atom. The first-order chi connectivity index (χ1) is 9.62. The minimum atomic E-state index is 0.176. The Morgan fingerprint density at radius 1 is 1.60 bits per heavy atom. The van der Waals surface area contributed by atoms with E-state index in [1.54, 1.807) is 11.3 Å². The first-order valence-electron chi connectivity index (χ1n) is 6.97. The second-order valence-electron chi connectivity index (χ2n) is 5.19. The van der Waals surface area contributed by atoms with Gasteiger partial charge in [0, 0.05) is 24.6 Å². The van der Waals surface area contributed by atoms with Crippen LogP contribution in [0, 0.1) is 5.92 Å². The highest BCUT2D eigenvalue weighted by Gasteiger charge is 2.25. The number of thiophene rings is 1. The number of aliphatic hydroxyl groups excluding tert-OH is 1. The predicted molar refractivity (Wildman–Crippen MR) is 84.7 cm³/mol. The molecule has 1 amide bonds. The summed E-state index contributed by atoms with van der Waals surface area (Å²) < 4.78 is 1.10. The van der Waals surface area contributed by atoms with Crippen LogP contribution in [0.5, 0.6) is 0 Å². The highest BCUT2D eigenvalue weighted by Crippen LogP contribution is 2.23. The predicted octanol–water partition coefficient (Wildman–Crippen LogP) is 2.17. The number of carbonyl (C=O) groups excluding carboxylic acids is 1. The van der Waals surface area contributed by atoms with Crippen LogP contribution in [-0.2, 0) is 11.3 Å². The van der Waals surface area contributed by atoms with E-state index in [0.717, 1.165) is 29.8 Å². The van der Waals surface area contributed by atoms with E-state index >= 15 is 0 Å². The molecule has 1 unspecified atom stereocenters. The molecule has 0 spiro atoms. The van der Waals surface area contributed by atoms with Gasteiger partial charge in [-0.1, -0.05) is 0 Å². The van der Waals surface area contributed by atoms with Gasteiger partial charge in [0.05, 0.1) is 16.9 Å². The second-order valence-corrected chi connectivity index (χ2v) is 7.73.